The van der Waals surface area contributed by atoms with Crippen molar-refractivity contribution in [1.29, 1.82) is 0 Å². The topological polar surface area (TPSA) is 26.0 Å². The molecule has 21 heavy (non-hydrogen) atoms. The Bertz CT molecular complexity index is 636. The fourth-order valence-corrected chi connectivity index (χ4v) is 2.07. The van der Waals surface area contributed by atoms with E-state index in [1.165, 1.54) is 30.3 Å². The van der Waals surface area contributed by atoms with E-state index in [-0.39, 0.29) is 16.7 Å². The van der Waals surface area contributed by atoms with Gasteiger partial charge in [-0.15, -0.1) is 0 Å². The molecule has 1 nitrogen and oxygen atoms in total. The second-order valence-electron chi connectivity index (χ2n) is 4.55. The molecular weight excluding hydrogens is 289 g/mol. The zero-order chi connectivity index (χ0) is 15.6. The highest BCUT2D eigenvalue weighted by Gasteiger charge is 2.34. The second-order valence-corrected chi connectivity index (χ2v) is 4.55. The van der Waals surface area contributed by atoms with Gasteiger partial charge in [0.05, 0.1) is 11.6 Å². The summed E-state index contributed by atoms with van der Waals surface area (Å²) < 4.78 is 64.8. The van der Waals surface area contributed by atoms with Gasteiger partial charge in [0.1, 0.15) is 12.5 Å². The van der Waals surface area contributed by atoms with Gasteiger partial charge in [0.25, 0.3) is 0 Å². The van der Waals surface area contributed by atoms with Crippen molar-refractivity contribution in [3.05, 3.63) is 70.5 Å². The molecular formula is C15H12F5N. The molecule has 112 valence electrons. The Morgan fingerprint density at radius 3 is 2.29 bits per heavy atom. The number of halogens is 5. The van der Waals surface area contributed by atoms with E-state index in [0.29, 0.717) is 0 Å². The summed E-state index contributed by atoms with van der Waals surface area (Å²) in [4.78, 5) is 0. The van der Waals surface area contributed by atoms with Crippen molar-refractivity contribution in [3.63, 3.8) is 0 Å². The third kappa shape index (κ3) is 3.21. The molecule has 0 aliphatic rings. The van der Waals surface area contributed by atoms with E-state index in [9.17, 15) is 22.0 Å². The largest absolute Gasteiger partial charge is 0.416 e. The van der Waals surface area contributed by atoms with E-state index in [2.05, 4.69) is 0 Å². The first-order chi connectivity index (χ1) is 9.84. The number of benzene rings is 2. The minimum absolute atomic E-state index is 0.154. The van der Waals surface area contributed by atoms with Crippen LogP contribution in [0, 0.1) is 5.82 Å². The number of alkyl halides is 4. The molecule has 0 radical (unpaired) electrons. The van der Waals surface area contributed by atoms with Crippen LogP contribution in [0.15, 0.2) is 42.5 Å². The van der Waals surface area contributed by atoms with Gasteiger partial charge >= 0.3 is 6.18 Å². The van der Waals surface area contributed by atoms with Crippen molar-refractivity contribution >= 4 is 0 Å². The molecule has 0 fully saturated rings. The van der Waals surface area contributed by atoms with Gasteiger partial charge in [-0.25, -0.2) is 8.78 Å². The summed E-state index contributed by atoms with van der Waals surface area (Å²) in [5, 5.41) is 0. The minimum Gasteiger partial charge on any atom is -0.320 e. The van der Waals surface area contributed by atoms with E-state index in [0.717, 1.165) is 12.1 Å². The normalized spacial score (nSPS) is 13.2. The first kappa shape index (κ1) is 15.4. The average Bonchev–Trinajstić information content (AvgIpc) is 2.45. The summed E-state index contributed by atoms with van der Waals surface area (Å²) in [6, 6.07) is 7.17. The predicted molar refractivity (Wildman–Crippen MR) is 68.7 cm³/mol. The van der Waals surface area contributed by atoms with Crippen molar-refractivity contribution < 1.29 is 22.0 Å². The third-order valence-corrected chi connectivity index (χ3v) is 3.18. The van der Waals surface area contributed by atoms with Gasteiger partial charge in [-0.3, -0.25) is 0 Å². The van der Waals surface area contributed by atoms with Crippen molar-refractivity contribution in [1.82, 2.24) is 0 Å². The SMILES string of the molecule is N[C@@H](c1ccc(CF)c(F)c1)c1ccccc1C(F)(F)F. The molecule has 0 aliphatic carbocycles. The Kier molecular flexibility index (Phi) is 4.27. The summed E-state index contributed by atoms with van der Waals surface area (Å²) in [6.07, 6.45) is -4.55. The van der Waals surface area contributed by atoms with E-state index in [1.807, 2.05) is 0 Å². The third-order valence-electron chi connectivity index (χ3n) is 3.18. The molecule has 0 unspecified atom stereocenters. The van der Waals surface area contributed by atoms with Crippen LogP contribution in [-0.4, -0.2) is 0 Å². The van der Waals surface area contributed by atoms with Crippen molar-refractivity contribution in [3.8, 4) is 0 Å². The van der Waals surface area contributed by atoms with Crippen LogP contribution in [-0.2, 0) is 12.9 Å². The van der Waals surface area contributed by atoms with Crippen LogP contribution in [0.2, 0.25) is 0 Å². The summed E-state index contributed by atoms with van der Waals surface area (Å²) >= 11 is 0. The van der Waals surface area contributed by atoms with Crippen molar-refractivity contribution in [2.45, 2.75) is 18.9 Å². The Balaban J connectivity index is 2.45. The Labute approximate surface area is 118 Å². The molecule has 2 aromatic carbocycles. The smallest absolute Gasteiger partial charge is 0.320 e. The number of rotatable bonds is 3. The maximum absolute atomic E-state index is 13.5. The van der Waals surface area contributed by atoms with Crippen LogP contribution < -0.4 is 5.73 Å². The van der Waals surface area contributed by atoms with Crippen LogP contribution in [0.3, 0.4) is 0 Å². The molecule has 0 spiro atoms. The number of nitrogens with two attached hydrogens (primary N) is 1. The van der Waals surface area contributed by atoms with Gasteiger partial charge in [0.2, 0.25) is 0 Å². The first-order valence-electron chi connectivity index (χ1n) is 6.10. The quantitative estimate of drug-likeness (QED) is 0.837. The molecule has 2 N–H and O–H groups in total. The summed E-state index contributed by atoms with van der Waals surface area (Å²) in [5.74, 6) is -0.824. The summed E-state index contributed by atoms with van der Waals surface area (Å²) in [6.45, 7) is -0.986. The molecule has 0 aliphatic heterocycles. The van der Waals surface area contributed by atoms with E-state index >= 15 is 0 Å². The molecule has 0 saturated heterocycles. The van der Waals surface area contributed by atoms with E-state index in [1.54, 1.807) is 0 Å². The lowest BCUT2D eigenvalue weighted by atomic mass is 9.94. The monoisotopic (exact) mass is 301 g/mol. The Morgan fingerprint density at radius 1 is 1.05 bits per heavy atom. The summed E-state index contributed by atoms with van der Waals surface area (Å²) in [7, 11) is 0. The molecule has 0 bridgehead atoms. The number of hydrogen-bond donors (Lipinski definition) is 1. The zero-order valence-corrected chi connectivity index (χ0v) is 10.8. The fourth-order valence-electron chi connectivity index (χ4n) is 2.07. The molecule has 1 atom stereocenters. The summed E-state index contributed by atoms with van der Waals surface area (Å²) in [5.41, 5.74) is 4.79. The highest BCUT2D eigenvalue weighted by molar-refractivity contribution is 5.39. The fraction of sp³-hybridized carbons (Fsp3) is 0.200. The van der Waals surface area contributed by atoms with Gasteiger partial charge in [-0.2, -0.15) is 13.2 Å². The lowest BCUT2D eigenvalue weighted by Crippen LogP contribution is -2.18. The lowest BCUT2D eigenvalue weighted by Gasteiger charge is -2.19. The second kappa shape index (κ2) is 5.81. The van der Waals surface area contributed by atoms with Gasteiger partial charge in [0.15, 0.2) is 0 Å². The maximum atomic E-state index is 13.5. The number of hydrogen-bond acceptors (Lipinski definition) is 1. The van der Waals surface area contributed by atoms with Crippen LogP contribution in [0.25, 0.3) is 0 Å². The Hall–Kier alpha value is -1.95. The van der Waals surface area contributed by atoms with Gasteiger partial charge in [-0.1, -0.05) is 30.3 Å². The molecule has 0 heterocycles. The standard InChI is InChI=1S/C15H12F5N/c16-8-10-6-5-9(7-13(10)17)14(21)11-3-1-2-4-12(11)15(18,19)20/h1-7,14H,8,21H2/t14-/m0/s1. The van der Waals surface area contributed by atoms with Gasteiger partial charge in [0, 0.05) is 5.56 Å². The van der Waals surface area contributed by atoms with Crippen molar-refractivity contribution in [2.75, 3.05) is 0 Å². The van der Waals surface area contributed by atoms with Gasteiger partial charge in [-0.05, 0) is 23.3 Å². The molecule has 0 aromatic heterocycles. The minimum atomic E-state index is -4.55. The van der Waals surface area contributed by atoms with Crippen LogP contribution in [0.4, 0.5) is 22.0 Å². The van der Waals surface area contributed by atoms with Gasteiger partial charge < -0.3 is 5.73 Å². The molecule has 2 aromatic rings. The predicted octanol–water partition coefficient (Wildman–Crippen LogP) is 4.36. The maximum Gasteiger partial charge on any atom is 0.416 e. The molecule has 0 saturated carbocycles. The first-order valence-corrected chi connectivity index (χ1v) is 6.10. The highest BCUT2D eigenvalue weighted by Crippen LogP contribution is 2.35. The Morgan fingerprint density at radius 2 is 1.71 bits per heavy atom. The van der Waals surface area contributed by atoms with E-state index < -0.39 is 30.3 Å². The van der Waals surface area contributed by atoms with E-state index in [4.69, 9.17) is 5.73 Å². The zero-order valence-electron chi connectivity index (χ0n) is 10.8. The van der Waals surface area contributed by atoms with Crippen LogP contribution in [0.1, 0.15) is 28.3 Å². The lowest BCUT2D eigenvalue weighted by molar-refractivity contribution is -0.138. The van der Waals surface area contributed by atoms with Crippen LogP contribution in [0.5, 0.6) is 0 Å². The average molecular weight is 301 g/mol. The molecule has 2 rings (SSSR count). The van der Waals surface area contributed by atoms with Crippen molar-refractivity contribution in [2.24, 2.45) is 5.73 Å². The van der Waals surface area contributed by atoms with Crippen LogP contribution >= 0.6 is 0 Å². The highest BCUT2D eigenvalue weighted by atomic mass is 19.4. The molecule has 6 heteroatoms. The molecule has 0 amide bonds.